The molecule has 6 heteroatoms. The number of rotatable bonds is 3. The van der Waals surface area contributed by atoms with Crippen molar-refractivity contribution in [1.29, 1.82) is 0 Å². The molecule has 0 unspecified atom stereocenters. The van der Waals surface area contributed by atoms with Crippen LogP contribution in [0.5, 0.6) is 0 Å². The minimum atomic E-state index is -0.237. The number of aryl methyl sites for hydroxylation is 1. The quantitative estimate of drug-likeness (QED) is 0.531. The molecule has 0 radical (unpaired) electrons. The fraction of sp³-hybridized carbons (Fsp3) is 0.200. The molecule has 1 amide bonds. The fourth-order valence-electron chi connectivity index (χ4n) is 4.03. The molecule has 0 aliphatic carbocycles. The van der Waals surface area contributed by atoms with Gasteiger partial charge in [-0.05, 0) is 61.0 Å². The third kappa shape index (κ3) is 3.89. The van der Waals surface area contributed by atoms with E-state index in [1.165, 1.54) is 17.7 Å². The highest BCUT2D eigenvalue weighted by molar-refractivity contribution is 5.95. The smallest absolute Gasteiger partial charge is 0.253 e. The van der Waals surface area contributed by atoms with E-state index in [2.05, 4.69) is 27.9 Å². The van der Waals surface area contributed by atoms with E-state index in [4.69, 9.17) is 0 Å². The monoisotopic (exact) mass is 414 g/mol. The molecule has 0 atom stereocenters. The Labute approximate surface area is 180 Å². The molecule has 1 saturated heterocycles. The molecule has 0 saturated carbocycles. The summed E-state index contributed by atoms with van der Waals surface area (Å²) in [6.07, 6.45) is 0. The van der Waals surface area contributed by atoms with Crippen LogP contribution in [0.4, 0.5) is 10.1 Å². The van der Waals surface area contributed by atoms with Gasteiger partial charge in [-0.15, -0.1) is 0 Å². The Balaban J connectivity index is 1.26. The molecule has 1 aliphatic heterocycles. The summed E-state index contributed by atoms with van der Waals surface area (Å²) in [5.41, 5.74) is 5.73. The lowest BCUT2D eigenvalue weighted by atomic mass is 10.1. The van der Waals surface area contributed by atoms with Crippen molar-refractivity contribution in [2.24, 2.45) is 0 Å². The van der Waals surface area contributed by atoms with Gasteiger partial charge in [-0.3, -0.25) is 4.79 Å². The highest BCUT2D eigenvalue weighted by Crippen LogP contribution is 2.23. The number of nitrogens with one attached hydrogen (secondary N) is 1. The number of carbonyl (C=O) groups is 1. The van der Waals surface area contributed by atoms with Crippen LogP contribution < -0.4 is 4.90 Å². The van der Waals surface area contributed by atoms with E-state index >= 15 is 0 Å². The lowest BCUT2D eigenvalue weighted by Gasteiger charge is -2.36. The Bertz CT molecular complexity index is 1220. The summed E-state index contributed by atoms with van der Waals surface area (Å²) in [6, 6.07) is 20.2. The number of carbonyl (C=O) groups excluding carboxylic acids is 1. The van der Waals surface area contributed by atoms with Gasteiger partial charge in [-0.25, -0.2) is 9.37 Å². The number of fused-ring (bicyclic) bond motifs is 1. The van der Waals surface area contributed by atoms with Gasteiger partial charge < -0.3 is 14.8 Å². The zero-order valence-electron chi connectivity index (χ0n) is 17.3. The summed E-state index contributed by atoms with van der Waals surface area (Å²) in [5.74, 6) is 0.594. The van der Waals surface area contributed by atoms with Gasteiger partial charge in [-0.2, -0.15) is 0 Å². The average Bonchev–Trinajstić information content (AvgIpc) is 3.22. The standard InChI is InChI=1S/C25H23FN4O/c1-17-2-11-22-23(16-17)28-24(27-22)18-3-5-19(6-4-18)25(31)30-14-12-29(13-15-30)21-9-7-20(26)8-10-21/h2-11,16H,12-15H2,1H3,(H,27,28). The zero-order chi connectivity index (χ0) is 21.4. The summed E-state index contributed by atoms with van der Waals surface area (Å²) in [5, 5.41) is 0. The van der Waals surface area contributed by atoms with Crippen molar-refractivity contribution < 1.29 is 9.18 Å². The van der Waals surface area contributed by atoms with E-state index in [9.17, 15) is 9.18 Å². The lowest BCUT2D eigenvalue weighted by Crippen LogP contribution is -2.48. The van der Waals surface area contributed by atoms with E-state index in [1.807, 2.05) is 41.3 Å². The van der Waals surface area contributed by atoms with Gasteiger partial charge in [0.25, 0.3) is 5.91 Å². The van der Waals surface area contributed by atoms with E-state index < -0.39 is 0 Å². The first-order valence-electron chi connectivity index (χ1n) is 10.4. The Morgan fingerprint density at radius 1 is 0.935 bits per heavy atom. The molecular formula is C25H23FN4O. The van der Waals surface area contributed by atoms with Crippen molar-refractivity contribution in [3.63, 3.8) is 0 Å². The first-order chi connectivity index (χ1) is 15.1. The number of halogens is 1. The predicted octanol–water partition coefficient (Wildman–Crippen LogP) is 4.64. The van der Waals surface area contributed by atoms with Crippen LogP contribution in [0.15, 0.2) is 66.7 Å². The number of amides is 1. The van der Waals surface area contributed by atoms with Crippen molar-refractivity contribution >= 4 is 22.6 Å². The highest BCUT2D eigenvalue weighted by atomic mass is 19.1. The van der Waals surface area contributed by atoms with Crippen LogP contribution in [-0.4, -0.2) is 47.0 Å². The van der Waals surface area contributed by atoms with Crippen LogP contribution in [0.25, 0.3) is 22.4 Å². The van der Waals surface area contributed by atoms with Crippen LogP contribution >= 0.6 is 0 Å². The zero-order valence-corrected chi connectivity index (χ0v) is 17.3. The minimum Gasteiger partial charge on any atom is -0.368 e. The van der Waals surface area contributed by atoms with E-state index in [0.29, 0.717) is 18.7 Å². The molecule has 0 spiro atoms. The van der Waals surface area contributed by atoms with Gasteiger partial charge in [-0.1, -0.05) is 18.2 Å². The molecule has 1 aliphatic rings. The van der Waals surface area contributed by atoms with Gasteiger partial charge in [0.15, 0.2) is 0 Å². The number of benzene rings is 3. The summed E-state index contributed by atoms with van der Waals surface area (Å²) in [4.78, 5) is 25.0. The van der Waals surface area contributed by atoms with Crippen LogP contribution in [0, 0.1) is 12.7 Å². The molecule has 3 aromatic carbocycles. The number of piperazine rings is 1. The maximum Gasteiger partial charge on any atom is 0.253 e. The van der Waals surface area contributed by atoms with Crippen molar-refractivity contribution in [2.75, 3.05) is 31.1 Å². The summed E-state index contributed by atoms with van der Waals surface area (Å²) in [6.45, 7) is 4.79. The number of aromatic nitrogens is 2. The summed E-state index contributed by atoms with van der Waals surface area (Å²) < 4.78 is 13.1. The first kappa shape index (κ1) is 19.3. The largest absolute Gasteiger partial charge is 0.368 e. The van der Waals surface area contributed by atoms with Crippen LogP contribution in [0.3, 0.4) is 0 Å². The van der Waals surface area contributed by atoms with E-state index in [0.717, 1.165) is 41.2 Å². The topological polar surface area (TPSA) is 52.2 Å². The normalized spacial score (nSPS) is 14.3. The van der Waals surface area contributed by atoms with Gasteiger partial charge in [0.05, 0.1) is 11.0 Å². The second-order valence-electron chi connectivity index (χ2n) is 7.94. The molecule has 156 valence electrons. The number of imidazole rings is 1. The van der Waals surface area contributed by atoms with E-state index in [1.54, 1.807) is 12.1 Å². The van der Waals surface area contributed by atoms with Crippen molar-refractivity contribution in [3.8, 4) is 11.4 Å². The van der Waals surface area contributed by atoms with E-state index in [-0.39, 0.29) is 11.7 Å². The molecule has 0 bridgehead atoms. The fourth-order valence-corrected chi connectivity index (χ4v) is 4.03. The number of H-pyrrole nitrogens is 1. The predicted molar refractivity (Wildman–Crippen MR) is 121 cm³/mol. The minimum absolute atomic E-state index is 0.0329. The second kappa shape index (κ2) is 7.87. The molecule has 1 N–H and O–H groups in total. The molecule has 2 heterocycles. The number of aromatic amines is 1. The number of hydrogen-bond donors (Lipinski definition) is 1. The molecule has 5 rings (SSSR count). The van der Waals surface area contributed by atoms with Crippen molar-refractivity contribution in [3.05, 3.63) is 83.7 Å². The molecule has 4 aromatic rings. The Morgan fingerprint density at radius 2 is 1.65 bits per heavy atom. The number of nitrogens with zero attached hydrogens (tertiary/aromatic N) is 3. The van der Waals surface area contributed by atoms with Crippen LogP contribution in [0.2, 0.25) is 0 Å². The number of hydrogen-bond acceptors (Lipinski definition) is 3. The molecule has 31 heavy (non-hydrogen) atoms. The number of anilines is 1. The maximum atomic E-state index is 13.1. The van der Waals surface area contributed by atoms with Crippen LogP contribution in [0.1, 0.15) is 15.9 Å². The lowest BCUT2D eigenvalue weighted by molar-refractivity contribution is 0.0747. The molecule has 1 aromatic heterocycles. The highest BCUT2D eigenvalue weighted by Gasteiger charge is 2.22. The summed E-state index contributed by atoms with van der Waals surface area (Å²) >= 11 is 0. The molecule has 1 fully saturated rings. The SMILES string of the molecule is Cc1ccc2nc(-c3ccc(C(=O)N4CCN(c5ccc(F)cc5)CC4)cc3)[nH]c2c1. The Morgan fingerprint density at radius 3 is 2.35 bits per heavy atom. The van der Waals surface area contributed by atoms with Gasteiger partial charge in [0.1, 0.15) is 11.6 Å². The van der Waals surface area contributed by atoms with Crippen molar-refractivity contribution in [1.82, 2.24) is 14.9 Å². The first-order valence-corrected chi connectivity index (χ1v) is 10.4. The third-order valence-electron chi connectivity index (χ3n) is 5.80. The van der Waals surface area contributed by atoms with Crippen LogP contribution in [-0.2, 0) is 0 Å². The van der Waals surface area contributed by atoms with Gasteiger partial charge in [0, 0.05) is 43.0 Å². The molecule has 5 nitrogen and oxygen atoms in total. The Hall–Kier alpha value is -3.67. The molecular weight excluding hydrogens is 391 g/mol. The average molecular weight is 414 g/mol. The Kier molecular flexibility index (Phi) is 4.90. The second-order valence-corrected chi connectivity index (χ2v) is 7.94. The van der Waals surface area contributed by atoms with Gasteiger partial charge >= 0.3 is 0 Å². The summed E-state index contributed by atoms with van der Waals surface area (Å²) in [7, 11) is 0. The maximum absolute atomic E-state index is 13.1. The third-order valence-corrected chi connectivity index (χ3v) is 5.80. The van der Waals surface area contributed by atoms with Crippen molar-refractivity contribution in [2.45, 2.75) is 6.92 Å². The van der Waals surface area contributed by atoms with Gasteiger partial charge in [0.2, 0.25) is 0 Å².